The first kappa shape index (κ1) is 17.8. The first-order valence-electron chi connectivity index (χ1n) is 8.03. The van der Waals surface area contributed by atoms with Crippen molar-refractivity contribution in [3.05, 3.63) is 59.7 Å². The van der Waals surface area contributed by atoms with E-state index in [0.29, 0.717) is 19.1 Å². The van der Waals surface area contributed by atoms with Crippen molar-refractivity contribution in [1.29, 1.82) is 0 Å². The summed E-state index contributed by atoms with van der Waals surface area (Å²) in [4.78, 5) is 6.47. The zero-order valence-corrected chi connectivity index (χ0v) is 14.6. The van der Waals surface area contributed by atoms with E-state index in [4.69, 9.17) is 10.5 Å². The van der Waals surface area contributed by atoms with Crippen LogP contribution in [0.3, 0.4) is 0 Å². The Morgan fingerprint density at radius 2 is 1.92 bits per heavy atom. The molecule has 0 saturated carbocycles. The second-order valence-electron chi connectivity index (χ2n) is 5.99. The third-order valence-corrected chi connectivity index (χ3v) is 3.46. The average Bonchev–Trinajstić information content (AvgIpc) is 2.55. The number of rotatable bonds is 7. The minimum absolute atomic E-state index is 0.401. The van der Waals surface area contributed by atoms with E-state index in [9.17, 15) is 0 Å². The summed E-state index contributed by atoms with van der Waals surface area (Å²) in [6.07, 6.45) is 0. The number of aryl methyl sites for hydroxylation is 1. The molecule has 0 atom stereocenters. The molecule has 0 aliphatic rings. The van der Waals surface area contributed by atoms with Crippen molar-refractivity contribution in [3.8, 4) is 5.75 Å². The zero-order valence-electron chi connectivity index (χ0n) is 14.6. The van der Waals surface area contributed by atoms with Crippen LogP contribution >= 0.6 is 0 Å². The first-order chi connectivity index (χ1) is 11.5. The van der Waals surface area contributed by atoms with Gasteiger partial charge in [0.05, 0.1) is 6.54 Å². The highest BCUT2D eigenvalue weighted by molar-refractivity contribution is 5.92. The molecule has 2 aromatic carbocycles. The highest BCUT2D eigenvalue weighted by atomic mass is 16.5. The number of benzene rings is 2. The molecule has 0 bridgehead atoms. The van der Waals surface area contributed by atoms with Gasteiger partial charge in [0.1, 0.15) is 12.4 Å². The molecule has 0 unspecified atom stereocenters. The van der Waals surface area contributed by atoms with Crippen molar-refractivity contribution in [2.45, 2.75) is 13.5 Å². The van der Waals surface area contributed by atoms with Gasteiger partial charge in [-0.3, -0.25) is 0 Å². The molecule has 0 saturated heterocycles. The smallest absolute Gasteiger partial charge is 0.193 e. The molecule has 0 spiro atoms. The van der Waals surface area contributed by atoms with Gasteiger partial charge in [0.15, 0.2) is 5.96 Å². The van der Waals surface area contributed by atoms with Crippen molar-refractivity contribution in [1.82, 2.24) is 4.90 Å². The monoisotopic (exact) mass is 326 g/mol. The van der Waals surface area contributed by atoms with Gasteiger partial charge in [-0.15, -0.1) is 0 Å². The highest BCUT2D eigenvalue weighted by Crippen LogP contribution is 2.14. The predicted molar refractivity (Wildman–Crippen MR) is 101 cm³/mol. The van der Waals surface area contributed by atoms with Crippen LogP contribution < -0.4 is 15.8 Å². The lowest BCUT2D eigenvalue weighted by molar-refractivity contribution is 0.261. The van der Waals surface area contributed by atoms with Crippen LogP contribution in [-0.2, 0) is 6.54 Å². The van der Waals surface area contributed by atoms with E-state index in [2.05, 4.69) is 22.1 Å². The molecule has 0 aliphatic heterocycles. The summed E-state index contributed by atoms with van der Waals surface area (Å²) in [6, 6.07) is 16.0. The Hall–Kier alpha value is -2.53. The van der Waals surface area contributed by atoms with Gasteiger partial charge in [0.25, 0.3) is 0 Å². The van der Waals surface area contributed by atoms with Crippen molar-refractivity contribution >= 4 is 11.6 Å². The van der Waals surface area contributed by atoms with Crippen LogP contribution in [0.5, 0.6) is 5.75 Å². The van der Waals surface area contributed by atoms with E-state index < -0.39 is 0 Å². The Bertz CT molecular complexity index is 665. The van der Waals surface area contributed by atoms with Crippen molar-refractivity contribution in [3.63, 3.8) is 0 Å². The van der Waals surface area contributed by atoms with E-state index in [1.165, 1.54) is 5.56 Å². The normalized spacial score (nSPS) is 11.6. The number of hydrogen-bond donors (Lipinski definition) is 2. The predicted octanol–water partition coefficient (Wildman–Crippen LogP) is 2.86. The molecule has 2 rings (SSSR count). The molecule has 5 nitrogen and oxygen atoms in total. The van der Waals surface area contributed by atoms with Crippen molar-refractivity contribution in [2.75, 3.05) is 32.6 Å². The van der Waals surface area contributed by atoms with Gasteiger partial charge >= 0.3 is 0 Å². The summed E-state index contributed by atoms with van der Waals surface area (Å²) >= 11 is 0. The topological polar surface area (TPSA) is 62.9 Å². The number of likely N-dealkylation sites (N-methyl/N-ethyl adjacent to an activating group) is 1. The molecule has 3 N–H and O–H groups in total. The second kappa shape index (κ2) is 8.93. The highest BCUT2D eigenvalue weighted by Gasteiger charge is 1.99. The van der Waals surface area contributed by atoms with Crippen LogP contribution in [0.15, 0.2) is 53.5 Å². The van der Waals surface area contributed by atoms with Crippen LogP contribution in [-0.4, -0.2) is 38.1 Å². The molecular formula is C19H26N4O. The van der Waals surface area contributed by atoms with Crippen molar-refractivity contribution in [2.24, 2.45) is 10.7 Å². The number of nitrogens with zero attached hydrogens (tertiary/aromatic N) is 2. The summed E-state index contributed by atoms with van der Waals surface area (Å²) in [5, 5.41) is 3.09. The van der Waals surface area contributed by atoms with E-state index in [1.54, 1.807) is 0 Å². The number of nitrogens with one attached hydrogen (secondary N) is 1. The largest absolute Gasteiger partial charge is 0.492 e. The minimum Gasteiger partial charge on any atom is -0.492 e. The third-order valence-electron chi connectivity index (χ3n) is 3.46. The van der Waals surface area contributed by atoms with Gasteiger partial charge in [-0.25, -0.2) is 4.99 Å². The molecule has 5 heteroatoms. The standard InChI is InChI=1S/C19H26N4O/c1-15-7-9-17(10-8-15)22-19(20)21-14-16-5-4-6-18(13-16)24-12-11-23(2)3/h4-10,13H,11-12,14H2,1-3H3,(H3,20,21,22). The van der Waals surface area contributed by atoms with Crippen LogP contribution in [0, 0.1) is 6.92 Å². The molecule has 0 aliphatic carbocycles. The quantitative estimate of drug-likeness (QED) is 0.607. The van der Waals surface area contributed by atoms with Crippen LogP contribution in [0.2, 0.25) is 0 Å². The van der Waals surface area contributed by atoms with E-state index in [1.807, 2.05) is 62.6 Å². The van der Waals surface area contributed by atoms with Gasteiger partial charge in [-0.1, -0.05) is 29.8 Å². The van der Waals surface area contributed by atoms with Crippen LogP contribution in [0.4, 0.5) is 5.69 Å². The Kier molecular flexibility index (Phi) is 6.63. The van der Waals surface area contributed by atoms with Gasteiger partial charge in [-0.2, -0.15) is 0 Å². The van der Waals surface area contributed by atoms with Crippen molar-refractivity contribution < 1.29 is 4.74 Å². The van der Waals surface area contributed by atoms with Gasteiger partial charge < -0.3 is 20.7 Å². The Morgan fingerprint density at radius 3 is 2.62 bits per heavy atom. The fourth-order valence-corrected chi connectivity index (χ4v) is 2.08. The number of nitrogens with two attached hydrogens (primary N) is 1. The van der Waals surface area contributed by atoms with E-state index in [-0.39, 0.29) is 0 Å². The summed E-state index contributed by atoms with van der Waals surface area (Å²) in [6.45, 7) is 4.11. The van der Waals surface area contributed by atoms with E-state index >= 15 is 0 Å². The second-order valence-corrected chi connectivity index (χ2v) is 5.99. The summed E-state index contributed by atoms with van der Waals surface area (Å²) in [5.41, 5.74) is 9.15. The average molecular weight is 326 g/mol. The van der Waals surface area contributed by atoms with Gasteiger partial charge in [0, 0.05) is 12.2 Å². The zero-order chi connectivity index (χ0) is 17.4. The maximum absolute atomic E-state index is 5.95. The summed E-state index contributed by atoms with van der Waals surface area (Å²) < 4.78 is 5.73. The summed E-state index contributed by atoms with van der Waals surface area (Å²) in [7, 11) is 4.05. The number of aliphatic imine (C=N–C) groups is 1. The maximum Gasteiger partial charge on any atom is 0.193 e. The van der Waals surface area contributed by atoms with Crippen LogP contribution in [0.1, 0.15) is 11.1 Å². The number of hydrogen-bond acceptors (Lipinski definition) is 3. The maximum atomic E-state index is 5.95. The minimum atomic E-state index is 0.401. The molecule has 128 valence electrons. The molecule has 24 heavy (non-hydrogen) atoms. The molecule has 0 heterocycles. The number of guanidine groups is 1. The molecule has 0 aromatic heterocycles. The Balaban J connectivity index is 1.89. The molecule has 0 fully saturated rings. The molecule has 0 radical (unpaired) electrons. The molecule has 2 aromatic rings. The summed E-state index contributed by atoms with van der Waals surface area (Å²) in [5.74, 6) is 1.26. The number of ether oxygens (including phenoxy) is 1. The van der Waals surface area contributed by atoms with E-state index in [0.717, 1.165) is 23.5 Å². The lowest BCUT2D eigenvalue weighted by atomic mass is 10.2. The van der Waals surface area contributed by atoms with Gasteiger partial charge in [0.2, 0.25) is 0 Å². The third kappa shape index (κ3) is 6.30. The fraction of sp³-hybridized carbons (Fsp3) is 0.316. The first-order valence-corrected chi connectivity index (χ1v) is 8.03. The SMILES string of the molecule is Cc1ccc(NC(N)=NCc2cccc(OCCN(C)C)c2)cc1. The molecular weight excluding hydrogens is 300 g/mol. The van der Waals surface area contributed by atoms with Gasteiger partial charge in [-0.05, 0) is 50.8 Å². The fourth-order valence-electron chi connectivity index (χ4n) is 2.08. The Labute approximate surface area is 144 Å². The molecule has 0 amide bonds. The lowest BCUT2D eigenvalue weighted by Crippen LogP contribution is -2.22. The van der Waals surface area contributed by atoms with Crippen LogP contribution in [0.25, 0.3) is 0 Å². The number of anilines is 1. The lowest BCUT2D eigenvalue weighted by Gasteiger charge is -2.11. The Morgan fingerprint density at radius 1 is 1.17 bits per heavy atom.